The molecule has 1 heterocycles. The van der Waals surface area contributed by atoms with Crippen LogP contribution in [0.15, 0.2) is 222 Å². The number of aliphatic imine (C=N–C) groups is 1. The van der Waals surface area contributed by atoms with E-state index in [9.17, 15) is 0 Å². The summed E-state index contributed by atoms with van der Waals surface area (Å²) in [6, 6.07) is 75.1. The Morgan fingerprint density at radius 2 is 1.06 bits per heavy atom. The molecule has 1 spiro atoms. The number of hydrogen-bond acceptors (Lipinski definition) is 3. The number of hydrogen-bond donors (Lipinski definition) is 1. The summed E-state index contributed by atoms with van der Waals surface area (Å²) in [6.45, 7) is 11.0. The van der Waals surface area contributed by atoms with Crippen LogP contribution in [0, 0.1) is 12.3 Å². The minimum Gasteiger partial charge on any atom is -0.455 e. The predicted molar refractivity (Wildman–Crippen MR) is 273 cm³/mol. The van der Waals surface area contributed by atoms with Crippen molar-refractivity contribution < 1.29 is 4.42 Å². The zero-order valence-electron chi connectivity index (χ0n) is 37.1. The van der Waals surface area contributed by atoms with Gasteiger partial charge in [-0.15, -0.1) is 0 Å². The molecule has 12 rings (SSSR count). The highest BCUT2D eigenvalue weighted by Gasteiger charge is 2.53. The topological polar surface area (TPSA) is 49.4 Å². The van der Waals surface area contributed by atoms with E-state index in [2.05, 4.69) is 208 Å². The Bertz CT molecular complexity index is 3310. The lowest BCUT2D eigenvalue weighted by Gasteiger charge is -2.46. The van der Waals surface area contributed by atoms with Crippen molar-refractivity contribution in [3.8, 4) is 33.4 Å². The van der Waals surface area contributed by atoms with Crippen LogP contribution < -0.4 is 0 Å². The number of furan rings is 1. The van der Waals surface area contributed by atoms with Gasteiger partial charge in [-0.3, -0.25) is 4.99 Å². The van der Waals surface area contributed by atoms with Gasteiger partial charge in [0.1, 0.15) is 11.2 Å². The van der Waals surface area contributed by atoms with Gasteiger partial charge in [0.15, 0.2) is 0 Å². The van der Waals surface area contributed by atoms with Gasteiger partial charge >= 0.3 is 0 Å². The third kappa shape index (κ3) is 7.01. The van der Waals surface area contributed by atoms with E-state index < -0.39 is 5.41 Å². The highest BCUT2D eigenvalue weighted by Crippen LogP contribution is 2.63. The number of nitrogens with one attached hydrogen (secondary N) is 1. The van der Waals surface area contributed by atoms with E-state index in [-0.39, 0.29) is 5.41 Å². The van der Waals surface area contributed by atoms with Crippen molar-refractivity contribution in [2.45, 2.75) is 38.1 Å². The summed E-state index contributed by atoms with van der Waals surface area (Å²) in [4.78, 5) is 3.86. The molecule has 0 aliphatic heterocycles. The fraction of sp³-hybridized carbons (Fsp3) is 0.0968. The lowest BCUT2D eigenvalue weighted by atomic mass is 9.55. The Kier molecular flexibility index (Phi) is 10.8. The summed E-state index contributed by atoms with van der Waals surface area (Å²) in [5.74, 6) is 0. The number of para-hydroxylation sites is 2. The van der Waals surface area contributed by atoms with Gasteiger partial charge in [0, 0.05) is 33.5 Å². The highest BCUT2D eigenvalue weighted by atomic mass is 16.3. The lowest BCUT2D eigenvalue weighted by Crippen LogP contribution is -2.40. The van der Waals surface area contributed by atoms with Crippen LogP contribution in [-0.2, 0) is 17.4 Å². The van der Waals surface area contributed by atoms with Gasteiger partial charge in [0.2, 0.25) is 0 Å². The van der Waals surface area contributed by atoms with Crippen LogP contribution in [0.3, 0.4) is 0 Å². The maximum absolute atomic E-state index is 8.46. The summed E-state index contributed by atoms with van der Waals surface area (Å²) < 4.78 is 6.46. The fourth-order valence-electron chi connectivity index (χ4n) is 10.3. The first kappa shape index (κ1) is 41.1. The Morgan fingerprint density at radius 1 is 0.508 bits per heavy atom. The first-order chi connectivity index (χ1) is 31.8. The highest BCUT2D eigenvalue weighted by molar-refractivity contribution is 6.10. The monoisotopic (exact) mass is 838 g/mol. The van der Waals surface area contributed by atoms with E-state index in [1.165, 1.54) is 67.4 Å². The molecule has 3 nitrogen and oxygen atoms in total. The molecule has 314 valence electrons. The average molecular weight is 839 g/mol. The second-order valence-electron chi connectivity index (χ2n) is 17.5. The Hall–Kier alpha value is -7.88. The normalized spacial score (nSPS) is 13.3. The molecule has 10 aromatic rings. The van der Waals surface area contributed by atoms with Crippen molar-refractivity contribution in [3.63, 3.8) is 0 Å². The van der Waals surface area contributed by atoms with E-state index in [0.717, 1.165) is 44.2 Å². The largest absolute Gasteiger partial charge is 0.455 e. The molecule has 0 radical (unpaired) electrons. The molecule has 0 bridgehead atoms. The minimum absolute atomic E-state index is 0.141. The van der Waals surface area contributed by atoms with Gasteiger partial charge in [-0.2, -0.15) is 0 Å². The van der Waals surface area contributed by atoms with Crippen molar-refractivity contribution in [2.75, 3.05) is 0 Å². The SMILES string of the molecule is C=NCc1ccc(-c2ccccc2)cc1.CC1(C)c2ccccc2C2(c3ccc(-c4cccc5c4oc4ccccc45)cc3-c3c(C=N)cccc32)c2ccccc21.Cc1ccccc1. The quantitative estimate of drug-likeness (QED) is 0.172. The summed E-state index contributed by atoms with van der Waals surface area (Å²) in [5.41, 5.74) is 19.5. The maximum atomic E-state index is 8.46. The third-order valence-corrected chi connectivity index (χ3v) is 13.4. The summed E-state index contributed by atoms with van der Waals surface area (Å²) in [7, 11) is 0. The van der Waals surface area contributed by atoms with Crippen LogP contribution in [0.2, 0.25) is 0 Å². The standard InChI is InChI=1S/C41H29NO.C14H13N.C7H8/c1-40(2)32-15-4-6-17-34(32)41(35-18-7-5-16-33(35)40)31-22-21-25(23-30(31)38-26(24-42)11-9-19-36(38)41)27-13-10-14-29-28-12-3-8-20-37(28)43-39(27)29;1-15-11-12-7-9-14(10-8-12)13-5-3-2-4-6-13;1-7-5-3-2-4-6-7/h3-24,42H,1-2H3;2-10H,1,11H2;2-6H,1H3. The van der Waals surface area contributed by atoms with Crippen LogP contribution in [0.4, 0.5) is 0 Å². The molecule has 9 aromatic carbocycles. The molecule has 0 saturated heterocycles. The molecular weight excluding hydrogens is 789 g/mol. The molecule has 2 aliphatic rings. The molecule has 0 atom stereocenters. The fourth-order valence-corrected chi connectivity index (χ4v) is 10.3. The van der Waals surface area contributed by atoms with Crippen LogP contribution >= 0.6 is 0 Å². The van der Waals surface area contributed by atoms with Crippen molar-refractivity contribution >= 4 is 34.9 Å². The van der Waals surface area contributed by atoms with Crippen molar-refractivity contribution in [2.24, 2.45) is 4.99 Å². The van der Waals surface area contributed by atoms with E-state index >= 15 is 0 Å². The zero-order chi connectivity index (χ0) is 44.5. The summed E-state index contributed by atoms with van der Waals surface area (Å²) >= 11 is 0. The molecule has 0 fully saturated rings. The summed E-state index contributed by atoms with van der Waals surface area (Å²) in [6.07, 6.45) is 1.51. The molecule has 0 saturated carbocycles. The Balaban J connectivity index is 0.000000186. The van der Waals surface area contributed by atoms with Gasteiger partial charge in [0.25, 0.3) is 0 Å². The molecule has 2 aliphatic carbocycles. The van der Waals surface area contributed by atoms with Crippen molar-refractivity contribution in [1.82, 2.24) is 0 Å². The average Bonchev–Trinajstić information content (AvgIpc) is 3.89. The lowest BCUT2D eigenvalue weighted by molar-refractivity contribution is 0.563. The van der Waals surface area contributed by atoms with Gasteiger partial charge in [-0.25, -0.2) is 0 Å². The van der Waals surface area contributed by atoms with Crippen LogP contribution in [0.1, 0.15) is 63.9 Å². The smallest absolute Gasteiger partial charge is 0.143 e. The molecule has 1 aromatic heterocycles. The van der Waals surface area contributed by atoms with Crippen LogP contribution in [0.5, 0.6) is 0 Å². The second kappa shape index (κ2) is 17.0. The number of aryl methyl sites for hydroxylation is 1. The molecule has 0 unspecified atom stereocenters. The maximum Gasteiger partial charge on any atom is 0.143 e. The molecule has 65 heavy (non-hydrogen) atoms. The molecule has 3 heteroatoms. The minimum atomic E-state index is -0.476. The van der Waals surface area contributed by atoms with E-state index in [0.29, 0.717) is 6.54 Å². The molecule has 1 N–H and O–H groups in total. The van der Waals surface area contributed by atoms with Gasteiger partial charge in [-0.05, 0) is 92.5 Å². The first-order valence-electron chi connectivity index (χ1n) is 22.3. The van der Waals surface area contributed by atoms with Gasteiger partial charge < -0.3 is 9.83 Å². The van der Waals surface area contributed by atoms with Crippen LogP contribution in [0.25, 0.3) is 55.3 Å². The van der Waals surface area contributed by atoms with Crippen LogP contribution in [-0.4, -0.2) is 12.9 Å². The third-order valence-electron chi connectivity index (χ3n) is 13.4. The molecular formula is C62H50N2O. The van der Waals surface area contributed by atoms with E-state index in [1.54, 1.807) is 0 Å². The predicted octanol–water partition coefficient (Wildman–Crippen LogP) is 15.8. The number of rotatable bonds is 5. The zero-order valence-corrected chi connectivity index (χ0v) is 37.1. The van der Waals surface area contributed by atoms with Gasteiger partial charge in [0.05, 0.1) is 12.0 Å². The number of fused-ring (bicyclic) bond motifs is 12. The Morgan fingerprint density at radius 3 is 1.71 bits per heavy atom. The second-order valence-corrected chi connectivity index (χ2v) is 17.5. The van der Waals surface area contributed by atoms with Gasteiger partial charge in [-0.1, -0.05) is 220 Å². The van der Waals surface area contributed by atoms with Crippen molar-refractivity contribution in [3.05, 3.63) is 262 Å². The number of nitrogens with zero attached hydrogens (tertiary/aromatic N) is 1. The Labute approximate surface area is 381 Å². The van der Waals surface area contributed by atoms with Crippen molar-refractivity contribution in [1.29, 1.82) is 5.41 Å². The van der Waals surface area contributed by atoms with E-state index in [4.69, 9.17) is 9.83 Å². The first-order valence-corrected chi connectivity index (χ1v) is 22.3. The molecule has 0 amide bonds. The number of benzene rings is 9. The summed E-state index contributed by atoms with van der Waals surface area (Å²) in [5, 5.41) is 10.7. The van der Waals surface area contributed by atoms with E-state index in [1.807, 2.05) is 36.4 Å².